The third-order valence-electron chi connectivity index (χ3n) is 3.66. The Morgan fingerprint density at radius 3 is 3.05 bits per heavy atom. The summed E-state index contributed by atoms with van der Waals surface area (Å²) in [5.74, 6) is 0.878. The van der Waals surface area contributed by atoms with E-state index in [9.17, 15) is 0 Å². The average molecular weight is 307 g/mol. The van der Waals surface area contributed by atoms with Gasteiger partial charge in [-0.25, -0.2) is 4.98 Å². The van der Waals surface area contributed by atoms with E-state index >= 15 is 0 Å². The number of nitrogens with zero attached hydrogens (tertiary/aromatic N) is 3. The highest BCUT2D eigenvalue weighted by atomic mass is 35.5. The van der Waals surface area contributed by atoms with Crippen LogP contribution in [0.15, 0.2) is 36.7 Å². The van der Waals surface area contributed by atoms with Crippen molar-refractivity contribution in [2.45, 2.75) is 12.6 Å². The lowest BCUT2D eigenvalue weighted by atomic mass is 10.2. The molecule has 0 aliphatic carbocycles. The third-order valence-corrected chi connectivity index (χ3v) is 3.89. The van der Waals surface area contributed by atoms with Crippen LogP contribution in [-0.4, -0.2) is 46.8 Å². The van der Waals surface area contributed by atoms with Crippen LogP contribution in [0.2, 0.25) is 5.02 Å². The average Bonchev–Trinajstić information content (AvgIpc) is 2.96. The molecule has 1 aliphatic heterocycles. The molecule has 3 heterocycles. The summed E-state index contributed by atoms with van der Waals surface area (Å²) in [5, 5.41) is 0.645. The van der Waals surface area contributed by atoms with Crippen LogP contribution in [0.5, 0.6) is 0 Å². The van der Waals surface area contributed by atoms with Gasteiger partial charge in [-0.2, -0.15) is 0 Å². The fourth-order valence-electron chi connectivity index (χ4n) is 2.57. The zero-order valence-electron chi connectivity index (χ0n) is 11.8. The first-order chi connectivity index (χ1) is 10.3. The molecule has 2 N–H and O–H groups in total. The maximum atomic E-state index is 5.89. The topological polar surface area (TPSA) is 56.3 Å². The van der Waals surface area contributed by atoms with E-state index < -0.39 is 0 Å². The summed E-state index contributed by atoms with van der Waals surface area (Å²) in [6.07, 6.45) is 3.82. The van der Waals surface area contributed by atoms with E-state index in [-0.39, 0.29) is 6.10 Å². The standard InChI is InChI=1S/C15H19ClN4O/c16-12-3-4-15(18-9-12)20-5-1-2-13(20)10-19-6-7-21-14(8-17)11-19/h1-5,9,14H,6-8,10-11,17H2/t14-/m1/s1. The number of morpholine rings is 1. The molecule has 0 spiro atoms. The summed E-state index contributed by atoms with van der Waals surface area (Å²) in [6.45, 7) is 3.96. The van der Waals surface area contributed by atoms with Crippen molar-refractivity contribution in [2.75, 3.05) is 26.2 Å². The second-order valence-electron chi connectivity index (χ2n) is 5.17. The zero-order chi connectivity index (χ0) is 14.7. The third kappa shape index (κ3) is 3.44. The van der Waals surface area contributed by atoms with Crippen molar-refractivity contribution in [1.29, 1.82) is 0 Å². The minimum Gasteiger partial charge on any atom is -0.374 e. The fraction of sp³-hybridized carbons (Fsp3) is 0.400. The highest BCUT2D eigenvalue weighted by molar-refractivity contribution is 6.30. The van der Waals surface area contributed by atoms with E-state index in [1.54, 1.807) is 6.20 Å². The molecular weight excluding hydrogens is 288 g/mol. The van der Waals surface area contributed by atoms with Crippen LogP contribution in [-0.2, 0) is 11.3 Å². The normalized spacial score (nSPS) is 19.8. The van der Waals surface area contributed by atoms with Gasteiger partial charge < -0.3 is 15.0 Å². The second-order valence-corrected chi connectivity index (χ2v) is 5.60. The molecule has 2 aromatic rings. The molecule has 0 radical (unpaired) electrons. The van der Waals surface area contributed by atoms with Gasteiger partial charge in [-0.15, -0.1) is 0 Å². The SMILES string of the molecule is NC[C@@H]1CN(Cc2cccn2-c2ccc(Cl)cn2)CCO1. The summed E-state index contributed by atoms with van der Waals surface area (Å²) in [6, 6.07) is 7.93. The molecule has 0 bridgehead atoms. The highest BCUT2D eigenvalue weighted by Crippen LogP contribution is 2.16. The van der Waals surface area contributed by atoms with Gasteiger partial charge in [0.1, 0.15) is 5.82 Å². The lowest BCUT2D eigenvalue weighted by Gasteiger charge is -2.32. The number of hydrogen-bond donors (Lipinski definition) is 1. The molecule has 0 saturated carbocycles. The molecule has 21 heavy (non-hydrogen) atoms. The van der Waals surface area contributed by atoms with Crippen molar-refractivity contribution in [3.8, 4) is 5.82 Å². The maximum Gasteiger partial charge on any atom is 0.136 e. The molecule has 5 nitrogen and oxygen atoms in total. The van der Waals surface area contributed by atoms with E-state index in [1.165, 1.54) is 5.69 Å². The van der Waals surface area contributed by atoms with Crippen molar-refractivity contribution in [1.82, 2.24) is 14.5 Å². The molecule has 0 unspecified atom stereocenters. The monoisotopic (exact) mass is 306 g/mol. The number of ether oxygens (including phenoxy) is 1. The lowest BCUT2D eigenvalue weighted by Crippen LogP contribution is -2.45. The van der Waals surface area contributed by atoms with Crippen molar-refractivity contribution < 1.29 is 4.74 Å². The molecule has 112 valence electrons. The summed E-state index contributed by atoms with van der Waals surface area (Å²) < 4.78 is 7.69. The van der Waals surface area contributed by atoms with Gasteiger partial charge in [-0.3, -0.25) is 4.90 Å². The van der Waals surface area contributed by atoms with Crippen molar-refractivity contribution in [3.63, 3.8) is 0 Å². The Balaban J connectivity index is 1.75. The van der Waals surface area contributed by atoms with Crippen molar-refractivity contribution >= 4 is 11.6 Å². The van der Waals surface area contributed by atoms with Crippen LogP contribution in [0.25, 0.3) is 5.82 Å². The first kappa shape index (κ1) is 14.5. The molecule has 1 aliphatic rings. The number of pyridine rings is 1. The van der Waals surface area contributed by atoms with Crippen LogP contribution in [0, 0.1) is 0 Å². The van der Waals surface area contributed by atoms with Gasteiger partial charge in [0.25, 0.3) is 0 Å². The lowest BCUT2D eigenvalue weighted by molar-refractivity contribution is -0.0265. The minimum atomic E-state index is 0.135. The Labute approximate surface area is 129 Å². The summed E-state index contributed by atoms with van der Waals surface area (Å²) in [7, 11) is 0. The van der Waals surface area contributed by atoms with Crippen LogP contribution in [0.3, 0.4) is 0 Å². The Morgan fingerprint density at radius 1 is 1.38 bits per heavy atom. The van der Waals surface area contributed by atoms with E-state index in [0.29, 0.717) is 11.6 Å². The Hall–Kier alpha value is -1.40. The quantitative estimate of drug-likeness (QED) is 0.934. The number of halogens is 1. The highest BCUT2D eigenvalue weighted by Gasteiger charge is 2.20. The van der Waals surface area contributed by atoms with Crippen molar-refractivity contribution in [3.05, 3.63) is 47.4 Å². The van der Waals surface area contributed by atoms with Gasteiger partial charge >= 0.3 is 0 Å². The van der Waals surface area contributed by atoms with E-state index in [1.807, 2.05) is 24.4 Å². The van der Waals surface area contributed by atoms with Crippen LogP contribution < -0.4 is 5.73 Å². The van der Waals surface area contributed by atoms with E-state index in [0.717, 1.165) is 32.1 Å². The Kier molecular flexibility index (Phi) is 4.55. The van der Waals surface area contributed by atoms with Gasteiger partial charge in [0.15, 0.2) is 0 Å². The molecule has 1 saturated heterocycles. The van der Waals surface area contributed by atoms with Gasteiger partial charge in [0, 0.05) is 44.3 Å². The Morgan fingerprint density at radius 2 is 2.29 bits per heavy atom. The maximum absolute atomic E-state index is 5.89. The zero-order valence-corrected chi connectivity index (χ0v) is 12.5. The molecule has 1 fully saturated rings. The molecule has 0 aromatic carbocycles. The van der Waals surface area contributed by atoms with Crippen LogP contribution in [0.4, 0.5) is 0 Å². The summed E-state index contributed by atoms with van der Waals surface area (Å²) in [5.41, 5.74) is 6.89. The van der Waals surface area contributed by atoms with Crippen LogP contribution in [0.1, 0.15) is 5.69 Å². The summed E-state index contributed by atoms with van der Waals surface area (Å²) in [4.78, 5) is 6.74. The molecule has 2 aromatic heterocycles. The Bertz CT molecular complexity index is 584. The van der Waals surface area contributed by atoms with E-state index in [2.05, 4.69) is 20.5 Å². The van der Waals surface area contributed by atoms with Crippen LogP contribution >= 0.6 is 11.6 Å². The minimum absolute atomic E-state index is 0.135. The number of rotatable bonds is 4. The number of nitrogens with two attached hydrogens (primary N) is 1. The van der Waals surface area contributed by atoms with Gasteiger partial charge in [0.05, 0.1) is 17.7 Å². The predicted molar refractivity (Wildman–Crippen MR) is 82.6 cm³/mol. The van der Waals surface area contributed by atoms with Gasteiger partial charge in [-0.05, 0) is 24.3 Å². The predicted octanol–water partition coefficient (Wildman–Crippen LogP) is 1.69. The largest absolute Gasteiger partial charge is 0.374 e. The fourth-order valence-corrected chi connectivity index (χ4v) is 2.69. The van der Waals surface area contributed by atoms with Gasteiger partial charge in [-0.1, -0.05) is 11.6 Å². The number of hydrogen-bond acceptors (Lipinski definition) is 4. The molecular formula is C15H19ClN4O. The first-order valence-electron chi connectivity index (χ1n) is 7.08. The molecule has 1 atom stereocenters. The van der Waals surface area contributed by atoms with Crippen molar-refractivity contribution in [2.24, 2.45) is 5.73 Å². The second kappa shape index (κ2) is 6.58. The smallest absolute Gasteiger partial charge is 0.136 e. The molecule has 0 amide bonds. The summed E-state index contributed by atoms with van der Waals surface area (Å²) >= 11 is 5.89. The number of aromatic nitrogens is 2. The molecule has 3 rings (SSSR count). The van der Waals surface area contributed by atoms with E-state index in [4.69, 9.17) is 22.1 Å². The molecule has 6 heteroatoms. The first-order valence-corrected chi connectivity index (χ1v) is 7.46. The van der Waals surface area contributed by atoms with Gasteiger partial charge in [0.2, 0.25) is 0 Å².